The van der Waals surface area contributed by atoms with Crippen molar-refractivity contribution < 1.29 is 9.53 Å². The molecule has 0 saturated heterocycles. The second-order valence-corrected chi connectivity index (χ2v) is 7.01. The van der Waals surface area contributed by atoms with Gasteiger partial charge in [0.15, 0.2) is 0 Å². The lowest BCUT2D eigenvalue weighted by atomic mass is 10.0. The molecule has 27 heavy (non-hydrogen) atoms. The van der Waals surface area contributed by atoms with E-state index in [1.807, 2.05) is 0 Å². The van der Waals surface area contributed by atoms with E-state index in [0.717, 1.165) is 6.42 Å². The first-order valence-corrected chi connectivity index (χ1v) is 11.0. The van der Waals surface area contributed by atoms with Gasteiger partial charge in [-0.2, -0.15) is 5.26 Å². The monoisotopic (exact) mass is 377 g/mol. The predicted octanol–water partition coefficient (Wildman–Crippen LogP) is 7.67. The number of ether oxygens (including phenoxy) is 1. The van der Waals surface area contributed by atoms with Crippen LogP contribution in [-0.2, 0) is 9.53 Å². The summed E-state index contributed by atoms with van der Waals surface area (Å²) in [5.41, 5.74) is 0. The molecule has 0 aromatic carbocycles. The molecule has 0 saturated carbocycles. The maximum Gasteiger partial charge on any atom is 0.330 e. The summed E-state index contributed by atoms with van der Waals surface area (Å²) in [6.45, 7) is 9.32. The predicted molar refractivity (Wildman–Crippen MR) is 117 cm³/mol. The van der Waals surface area contributed by atoms with Crippen molar-refractivity contribution in [1.29, 1.82) is 5.26 Å². The largest absolute Gasteiger partial charge is 0.463 e. The first kappa shape index (κ1) is 27.7. The van der Waals surface area contributed by atoms with Crippen LogP contribution in [0, 0.1) is 11.3 Å². The fourth-order valence-corrected chi connectivity index (χ4v) is 2.88. The van der Waals surface area contributed by atoms with Gasteiger partial charge in [-0.05, 0) is 6.42 Å². The third-order valence-corrected chi connectivity index (χ3v) is 4.50. The topological polar surface area (TPSA) is 50.1 Å². The Kier molecular flexibility index (Phi) is 27.3. The summed E-state index contributed by atoms with van der Waals surface area (Å²) < 4.78 is 4.95. The number of hydrogen-bond donors (Lipinski definition) is 0. The van der Waals surface area contributed by atoms with Crippen LogP contribution in [0.4, 0.5) is 0 Å². The lowest BCUT2D eigenvalue weighted by Crippen LogP contribution is -2.01. The van der Waals surface area contributed by atoms with Crippen LogP contribution in [0.1, 0.15) is 110 Å². The number of hydrogen-bond acceptors (Lipinski definition) is 3. The molecule has 0 atom stereocenters. The average Bonchev–Trinajstić information content (AvgIpc) is 2.70. The first-order valence-electron chi connectivity index (χ1n) is 11.0. The number of carbonyl (C=O) groups is 1. The molecule has 0 aliphatic carbocycles. The zero-order valence-electron chi connectivity index (χ0n) is 17.9. The number of allylic oxidation sites excluding steroid dienone is 1. The van der Waals surface area contributed by atoms with Crippen LogP contribution in [0.15, 0.2) is 25.3 Å². The molecule has 3 nitrogen and oxygen atoms in total. The second kappa shape index (κ2) is 26.7. The van der Waals surface area contributed by atoms with Crippen LogP contribution >= 0.6 is 0 Å². The van der Waals surface area contributed by atoms with Crippen LogP contribution in [0.25, 0.3) is 0 Å². The molecule has 0 fully saturated rings. The van der Waals surface area contributed by atoms with E-state index >= 15 is 0 Å². The lowest BCUT2D eigenvalue weighted by Gasteiger charge is -2.04. The van der Waals surface area contributed by atoms with Crippen molar-refractivity contribution in [2.45, 2.75) is 110 Å². The van der Waals surface area contributed by atoms with E-state index in [9.17, 15) is 4.79 Å². The van der Waals surface area contributed by atoms with Gasteiger partial charge in [0.2, 0.25) is 0 Å². The molecule has 0 aliphatic heterocycles. The van der Waals surface area contributed by atoms with Crippen molar-refractivity contribution in [3.63, 3.8) is 0 Å². The number of unbranched alkanes of at least 4 members (excludes halogenated alkanes) is 15. The maximum absolute atomic E-state index is 10.8. The molecule has 156 valence electrons. The summed E-state index contributed by atoms with van der Waals surface area (Å²) in [7, 11) is 0. The van der Waals surface area contributed by atoms with Gasteiger partial charge in [-0.15, -0.1) is 0 Å². The minimum atomic E-state index is -0.300. The average molecular weight is 378 g/mol. The minimum absolute atomic E-state index is 0.300. The van der Waals surface area contributed by atoms with E-state index in [0.29, 0.717) is 6.61 Å². The quantitative estimate of drug-likeness (QED) is 0.106. The summed E-state index contributed by atoms with van der Waals surface area (Å²) in [6, 6.07) is 1.69. The smallest absolute Gasteiger partial charge is 0.330 e. The van der Waals surface area contributed by atoms with Crippen molar-refractivity contribution in [2.75, 3.05) is 6.61 Å². The van der Waals surface area contributed by atoms with Gasteiger partial charge in [-0.3, -0.25) is 0 Å². The molecular weight excluding hydrogens is 334 g/mol. The van der Waals surface area contributed by atoms with E-state index in [-0.39, 0.29) is 5.97 Å². The van der Waals surface area contributed by atoms with Crippen LogP contribution in [0.5, 0.6) is 0 Å². The standard InChI is InChI=1S/C21H40O2.C3H3N/c1-3-5-6-7-8-9-10-11-12-13-14-15-16-17-18-19-20-23-21(22)4-2;1-2-3-4/h4H,2-3,5-20H2,1H3;2H,1H2. The third kappa shape index (κ3) is 29.5. The molecule has 0 unspecified atom stereocenters. The van der Waals surface area contributed by atoms with E-state index in [1.165, 1.54) is 108 Å². The van der Waals surface area contributed by atoms with Gasteiger partial charge in [0.1, 0.15) is 0 Å². The summed E-state index contributed by atoms with van der Waals surface area (Å²) in [5.74, 6) is -0.300. The van der Waals surface area contributed by atoms with Gasteiger partial charge in [0.05, 0.1) is 12.7 Å². The highest BCUT2D eigenvalue weighted by Crippen LogP contribution is 2.13. The Balaban J connectivity index is 0. The highest BCUT2D eigenvalue weighted by Gasteiger charge is 1.96. The van der Waals surface area contributed by atoms with E-state index in [1.54, 1.807) is 6.07 Å². The van der Waals surface area contributed by atoms with Gasteiger partial charge in [-0.25, -0.2) is 4.79 Å². The Hall–Kier alpha value is -1.56. The van der Waals surface area contributed by atoms with Crippen molar-refractivity contribution in [2.24, 2.45) is 0 Å². The number of carbonyl (C=O) groups excluding carboxylic acids is 1. The third-order valence-electron chi connectivity index (χ3n) is 4.50. The molecular formula is C24H43NO2. The first-order chi connectivity index (χ1) is 13.2. The van der Waals surface area contributed by atoms with Gasteiger partial charge in [-0.1, -0.05) is 116 Å². The SMILES string of the molecule is C=CC#N.C=CC(=O)OCCCCCCCCCCCCCCCCCC. The fourth-order valence-electron chi connectivity index (χ4n) is 2.88. The molecule has 0 heterocycles. The number of esters is 1. The summed E-state index contributed by atoms with van der Waals surface area (Å²) in [4.78, 5) is 10.8. The molecule has 0 spiro atoms. The number of rotatable bonds is 18. The summed E-state index contributed by atoms with van der Waals surface area (Å²) in [5, 5.41) is 7.51. The fraction of sp³-hybridized carbons (Fsp3) is 0.750. The molecule has 0 bridgehead atoms. The van der Waals surface area contributed by atoms with E-state index in [4.69, 9.17) is 10.00 Å². The molecule has 0 aliphatic rings. The Labute approximate surface area is 168 Å². The van der Waals surface area contributed by atoms with E-state index in [2.05, 4.69) is 20.1 Å². The van der Waals surface area contributed by atoms with Gasteiger partial charge < -0.3 is 4.74 Å². The second-order valence-electron chi connectivity index (χ2n) is 7.01. The highest BCUT2D eigenvalue weighted by molar-refractivity contribution is 5.81. The van der Waals surface area contributed by atoms with Crippen molar-refractivity contribution >= 4 is 5.97 Å². The summed E-state index contributed by atoms with van der Waals surface area (Å²) in [6.07, 6.45) is 24.2. The number of nitriles is 1. The van der Waals surface area contributed by atoms with Crippen LogP contribution in [-0.4, -0.2) is 12.6 Å². The van der Waals surface area contributed by atoms with Crippen molar-refractivity contribution in [3.05, 3.63) is 25.3 Å². The molecule has 0 N–H and O–H groups in total. The van der Waals surface area contributed by atoms with Gasteiger partial charge >= 0.3 is 5.97 Å². The molecule has 0 aromatic rings. The van der Waals surface area contributed by atoms with Crippen LogP contribution in [0.3, 0.4) is 0 Å². The summed E-state index contributed by atoms with van der Waals surface area (Å²) >= 11 is 0. The Bertz CT molecular complexity index is 371. The molecule has 3 heteroatoms. The van der Waals surface area contributed by atoms with Crippen LogP contribution < -0.4 is 0 Å². The van der Waals surface area contributed by atoms with Crippen LogP contribution in [0.2, 0.25) is 0 Å². The Morgan fingerprint density at radius 1 is 0.778 bits per heavy atom. The normalized spacial score (nSPS) is 9.63. The highest BCUT2D eigenvalue weighted by atomic mass is 16.5. The molecule has 0 radical (unpaired) electrons. The molecule has 0 rings (SSSR count). The van der Waals surface area contributed by atoms with Crippen molar-refractivity contribution in [1.82, 2.24) is 0 Å². The molecule has 0 aromatic heterocycles. The van der Waals surface area contributed by atoms with E-state index < -0.39 is 0 Å². The van der Waals surface area contributed by atoms with Crippen molar-refractivity contribution in [3.8, 4) is 6.07 Å². The minimum Gasteiger partial charge on any atom is -0.463 e. The Morgan fingerprint density at radius 2 is 1.11 bits per heavy atom. The number of nitrogens with zero attached hydrogens (tertiary/aromatic N) is 1. The zero-order valence-corrected chi connectivity index (χ0v) is 17.9. The zero-order chi connectivity index (χ0) is 20.4. The maximum atomic E-state index is 10.8. The van der Waals surface area contributed by atoms with Gasteiger partial charge in [0.25, 0.3) is 0 Å². The van der Waals surface area contributed by atoms with Gasteiger partial charge in [0, 0.05) is 12.2 Å². The molecule has 0 amide bonds. The Morgan fingerprint density at radius 3 is 1.41 bits per heavy atom. The lowest BCUT2D eigenvalue weighted by molar-refractivity contribution is -0.137.